The van der Waals surface area contributed by atoms with E-state index in [0.717, 1.165) is 15.7 Å². The standard InChI is InChI=1S/C24H22INO/c1-16-5-3-7-18(13-16)24(19-8-4-6-17(2)14-19)15-22(24)23(27)26-21-11-9-20(25)10-12-21/h3-14,22H,15H2,1-2H3,(H,26,27)/t22-/m0/s1. The fourth-order valence-corrected chi connectivity index (χ4v) is 4.35. The normalized spacial score (nSPS) is 17.4. The lowest BCUT2D eigenvalue weighted by atomic mass is 9.84. The van der Waals surface area contributed by atoms with Gasteiger partial charge >= 0.3 is 0 Å². The molecule has 27 heavy (non-hydrogen) atoms. The highest BCUT2D eigenvalue weighted by Gasteiger charge is 2.60. The van der Waals surface area contributed by atoms with Crippen LogP contribution in [0.3, 0.4) is 0 Å². The minimum Gasteiger partial charge on any atom is -0.326 e. The lowest BCUT2D eigenvalue weighted by molar-refractivity contribution is -0.117. The predicted molar refractivity (Wildman–Crippen MR) is 119 cm³/mol. The van der Waals surface area contributed by atoms with E-state index in [0.29, 0.717) is 0 Å². The minimum atomic E-state index is -0.231. The fourth-order valence-electron chi connectivity index (χ4n) is 3.99. The van der Waals surface area contributed by atoms with Crippen molar-refractivity contribution < 1.29 is 4.79 Å². The van der Waals surface area contributed by atoms with Gasteiger partial charge in [-0.3, -0.25) is 4.79 Å². The van der Waals surface area contributed by atoms with Gasteiger partial charge in [0.25, 0.3) is 0 Å². The van der Waals surface area contributed by atoms with Crippen molar-refractivity contribution in [3.8, 4) is 0 Å². The number of amides is 1. The molecule has 3 aromatic rings. The van der Waals surface area contributed by atoms with E-state index in [1.807, 2.05) is 24.3 Å². The molecule has 0 bridgehead atoms. The van der Waals surface area contributed by atoms with Crippen LogP contribution in [0.5, 0.6) is 0 Å². The molecular formula is C24H22INO. The first-order chi connectivity index (χ1) is 13.0. The third-order valence-corrected chi connectivity index (χ3v) is 6.17. The zero-order chi connectivity index (χ0) is 19.0. The molecule has 3 aromatic carbocycles. The summed E-state index contributed by atoms with van der Waals surface area (Å²) in [5.41, 5.74) is 5.54. The molecule has 0 unspecified atom stereocenters. The monoisotopic (exact) mass is 467 g/mol. The van der Waals surface area contributed by atoms with Crippen LogP contribution in [-0.2, 0) is 10.2 Å². The van der Waals surface area contributed by atoms with Gasteiger partial charge in [0.1, 0.15) is 0 Å². The maximum Gasteiger partial charge on any atom is 0.228 e. The maximum atomic E-state index is 13.1. The van der Waals surface area contributed by atoms with E-state index in [2.05, 4.69) is 90.3 Å². The SMILES string of the molecule is Cc1cccc(C2(c3cccc(C)c3)C[C@H]2C(=O)Nc2ccc(I)cc2)c1. The lowest BCUT2D eigenvalue weighted by Crippen LogP contribution is -2.22. The third-order valence-electron chi connectivity index (χ3n) is 5.46. The van der Waals surface area contributed by atoms with E-state index in [4.69, 9.17) is 0 Å². The van der Waals surface area contributed by atoms with Gasteiger partial charge in [-0.15, -0.1) is 0 Å². The number of benzene rings is 3. The van der Waals surface area contributed by atoms with Crippen LogP contribution in [-0.4, -0.2) is 5.91 Å². The van der Waals surface area contributed by atoms with Crippen molar-refractivity contribution >= 4 is 34.2 Å². The number of aryl methyl sites for hydroxylation is 2. The number of anilines is 1. The molecule has 1 amide bonds. The molecule has 0 radical (unpaired) electrons. The Morgan fingerprint density at radius 1 is 0.926 bits per heavy atom. The highest BCUT2D eigenvalue weighted by molar-refractivity contribution is 14.1. The van der Waals surface area contributed by atoms with Gasteiger partial charge in [0.2, 0.25) is 5.91 Å². The first-order valence-electron chi connectivity index (χ1n) is 9.20. The Morgan fingerprint density at radius 2 is 1.48 bits per heavy atom. The van der Waals surface area contributed by atoms with Crippen LogP contribution in [0.4, 0.5) is 5.69 Å². The summed E-state index contributed by atoms with van der Waals surface area (Å²) in [7, 11) is 0. The second-order valence-corrected chi connectivity index (χ2v) is 8.71. The summed E-state index contributed by atoms with van der Waals surface area (Å²) in [6.07, 6.45) is 0.843. The summed E-state index contributed by atoms with van der Waals surface area (Å²) in [6.45, 7) is 4.22. The molecule has 1 N–H and O–H groups in total. The summed E-state index contributed by atoms with van der Waals surface area (Å²) >= 11 is 2.27. The van der Waals surface area contributed by atoms with E-state index < -0.39 is 0 Å². The van der Waals surface area contributed by atoms with Gasteiger partial charge in [-0.25, -0.2) is 0 Å². The van der Waals surface area contributed by atoms with E-state index in [-0.39, 0.29) is 17.2 Å². The highest BCUT2D eigenvalue weighted by Crippen LogP contribution is 2.59. The van der Waals surface area contributed by atoms with Crippen LogP contribution in [0.2, 0.25) is 0 Å². The zero-order valence-corrected chi connectivity index (χ0v) is 17.7. The number of carbonyl (C=O) groups excluding carboxylic acids is 1. The van der Waals surface area contributed by atoms with Gasteiger partial charge < -0.3 is 5.32 Å². The van der Waals surface area contributed by atoms with Gasteiger partial charge in [0, 0.05) is 14.7 Å². The Balaban J connectivity index is 1.69. The van der Waals surface area contributed by atoms with Crippen molar-refractivity contribution in [2.75, 3.05) is 5.32 Å². The average molecular weight is 467 g/mol. The van der Waals surface area contributed by atoms with Crippen molar-refractivity contribution in [2.45, 2.75) is 25.7 Å². The number of hydrogen-bond acceptors (Lipinski definition) is 1. The number of hydrogen-bond donors (Lipinski definition) is 1. The first-order valence-corrected chi connectivity index (χ1v) is 10.3. The van der Waals surface area contributed by atoms with E-state index in [1.165, 1.54) is 22.3 Å². The Morgan fingerprint density at radius 3 is 2.00 bits per heavy atom. The van der Waals surface area contributed by atoms with Gasteiger partial charge in [-0.1, -0.05) is 59.7 Å². The molecule has 1 atom stereocenters. The molecule has 1 aliphatic rings. The quantitative estimate of drug-likeness (QED) is 0.479. The number of rotatable bonds is 4. The number of halogens is 1. The largest absolute Gasteiger partial charge is 0.326 e. The molecule has 1 aliphatic carbocycles. The second kappa shape index (κ2) is 7.12. The van der Waals surface area contributed by atoms with Gasteiger partial charge in [0.15, 0.2) is 0 Å². The van der Waals surface area contributed by atoms with Crippen molar-refractivity contribution in [3.05, 3.63) is 98.6 Å². The Hall–Kier alpha value is -2.14. The van der Waals surface area contributed by atoms with Gasteiger partial charge in [0.05, 0.1) is 5.92 Å². The van der Waals surface area contributed by atoms with Gasteiger partial charge in [-0.05, 0) is 78.3 Å². The van der Waals surface area contributed by atoms with Crippen LogP contribution in [0.15, 0.2) is 72.8 Å². The highest BCUT2D eigenvalue weighted by atomic mass is 127. The summed E-state index contributed by atoms with van der Waals surface area (Å²) < 4.78 is 1.16. The van der Waals surface area contributed by atoms with Crippen molar-refractivity contribution in [3.63, 3.8) is 0 Å². The predicted octanol–water partition coefficient (Wildman–Crippen LogP) is 5.85. The topological polar surface area (TPSA) is 29.1 Å². The fraction of sp³-hybridized carbons (Fsp3) is 0.208. The van der Waals surface area contributed by atoms with Crippen molar-refractivity contribution in [1.29, 1.82) is 0 Å². The molecule has 0 saturated heterocycles. The third kappa shape index (κ3) is 3.53. The number of nitrogens with one attached hydrogen (secondary N) is 1. The molecule has 4 rings (SSSR count). The maximum absolute atomic E-state index is 13.1. The first kappa shape index (κ1) is 18.2. The molecule has 0 aromatic heterocycles. The van der Waals surface area contributed by atoms with Crippen LogP contribution < -0.4 is 5.32 Å². The van der Waals surface area contributed by atoms with Crippen molar-refractivity contribution in [2.24, 2.45) is 5.92 Å². The van der Waals surface area contributed by atoms with Gasteiger partial charge in [-0.2, -0.15) is 0 Å². The summed E-state index contributed by atoms with van der Waals surface area (Å²) in [5, 5.41) is 3.11. The molecule has 1 fully saturated rings. The Bertz CT molecular complexity index is 948. The zero-order valence-electron chi connectivity index (χ0n) is 15.5. The molecular weight excluding hydrogens is 445 g/mol. The van der Waals surface area contributed by atoms with Crippen LogP contribution in [0.25, 0.3) is 0 Å². The lowest BCUT2D eigenvalue weighted by Gasteiger charge is -2.20. The van der Waals surface area contributed by atoms with Crippen LogP contribution in [0.1, 0.15) is 28.7 Å². The molecule has 0 heterocycles. The second-order valence-electron chi connectivity index (χ2n) is 7.46. The molecule has 0 spiro atoms. The molecule has 0 aliphatic heterocycles. The Labute approximate surface area is 174 Å². The molecule has 2 nitrogen and oxygen atoms in total. The summed E-state index contributed by atoms with van der Waals surface area (Å²) in [4.78, 5) is 13.1. The van der Waals surface area contributed by atoms with Crippen LogP contribution >= 0.6 is 22.6 Å². The van der Waals surface area contributed by atoms with E-state index in [1.54, 1.807) is 0 Å². The summed E-state index contributed by atoms with van der Waals surface area (Å²) in [5.74, 6) is 0.0413. The number of carbonyl (C=O) groups is 1. The molecule has 3 heteroatoms. The summed E-state index contributed by atoms with van der Waals surface area (Å²) in [6, 6.07) is 25.1. The van der Waals surface area contributed by atoms with E-state index >= 15 is 0 Å². The minimum absolute atomic E-state index is 0.0552. The smallest absolute Gasteiger partial charge is 0.228 e. The average Bonchev–Trinajstić information content (AvgIpc) is 3.41. The van der Waals surface area contributed by atoms with Crippen molar-refractivity contribution in [1.82, 2.24) is 0 Å². The molecule has 1 saturated carbocycles. The molecule has 136 valence electrons. The van der Waals surface area contributed by atoms with E-state index in [9.17, 15) is 4.79 Å². The van der Waals surface area contributed by atoms with Crippen LogP contribution in [0, 0.1) is 23.3 Å². The Kier molecular flexibility index (Phi) is 4.81.